The van der Waals surface area contributed by atoms with E-state index < -0.39 is 51.1 Å². The Morgan fingerprint density at radius 3 is 2.60 bits per heavy atom. The summed E-state index contributed by atoms with van der Waals surface area (Å²) in [5.74, 6) is -0.668. The maximum atomic E-state index is 13.4. The van der Waals surface area contributed by atoms with Crippen molar-refractivity contribution in [3.63, 3.8) is 0 Å². The van der Waals surface area contributed by atoms with E-state index in [-0.39, 0.29) is 35.9 Å². The monoisotopic (exact) mass is 606 g/mol. The van der Waals surface area contributed by atoms with Crippen LogP contribution in [0.15, 0.2) is 68.2 Å². The highest BCUT2D eigenvalue weighted by atomic mass is 32.2. The number of alkyl halides is 3. The van der Waals surface area contributed by atoms with E-state index in [0.29, 0.717) is 23.5 Å². The SMILES string of the molecule is CC(C)n1c(=O)c(CNC(=O)[C@@H]2CCCN2S(=O)(=O)c2cc3cnccc3o2)cn(-c2ccc(C(F)(F)F)nc2)c1=O. The highest BCUT2D eigenvalue weighted by Gasteiger charge is 2.41. The molecule has 1 N–H and O–H groups in total. The Balaban J connectivity index is 1.41. The van der Waals surface area contributed by atoms with Crippen LogP contribution in [0, 0.1) is 0 Å². The molecule has 1 saturated heterocycles. The Hall–Kier alpha value is -4.31. The molecule has 1 atom stereocenters. The van der Waals surface area contributed by atoms with Crippen molar-refractivity contribution >= 4 is 26.9 Å². The van der Waals surface area contributed by atoms with Crippen LogP contribution in [0.2, 0.25) is 0 Å². The van der Waals surface area contributed by atoms with E-state index in [2.05, 4.69) is 15.3 Å². The third-order valence-electron chi connectivity index (χ3n) is 6.84. The van der Waals surface area contributed by atoms with E-state index in [0.717, 1.165) is 31.9 Å². The number of hydrogen-bond donors (Lipinski definition) is 1. The molecule has 1 aliphatic heterocycles. The molecule has 0 aromatic carbocycles. The second-order valence-electron chi connectivity index (χ2n) is 9.95. The molecule has 5 heterocycles. The summed E-state index contributed by atoms with van der Waals surface area (Å²) in [6.45, 7) is 2.85. The number of fused-ring (bicyclic) bond motifs is 1. The van der Waals surface area contributed by atoms with Gasteiger partial charge in [-0.1, -0.05) is 0 Å². The predicted molar refractivity (Wildman–Crippen MR) is 142 cm³/mol. The second-order valence-corrected chi connectivity index (χ2v) is 11.8. The molecule has 4 aromatic heterocycles. The Morgan fingerprint density at radius 1 is 1.19 bits per heavy atom. The van der Waals surface area contributed by atoms with Gasteiger partial charge in [-0.15, -0.1) is 0 Å². The summed E-state index contributed by atoms with van der Waals surface area (Å²) in [4.78, 5) is 46.7. The lowest BCUT2D eigenvalue weighted by Crippen LogP contribution is -2.47. The molecular formula is C26H25F3N6O6S. The Kier molecular flexibility index (Phi) is 7.53. The number of furan rings is 1. The number of carbonyl (C=O) groups is 1. The van der Waals surface area contributed by atoms with Crippen LogP contribution in [0.1, 0.15) is 44.0 Å². The fraction of sp³-hybridized carbons (Fsp3) is 0.346. The van der Waals surface area contributed by atoms with Gasteiger partial charge in [0.05, 0.1) is 17.4 Å². The molecule has 16 heteroatoms. The van der Waals surface area contributed by atoms with Crippen LogP contribution in [-0.2, 0) is 27.5 Å². The number of nitrogens with one attached hydrogen (secondary N) is 1. The van der Waals surface area contributed by atoms with E-state index >= 15 is 0 Å². The van der Waals surface area contributed by atoms with Gasteiger partial charge in [0.15, 0.2) is 0 Å². The van der Waals surface area contributed by atoms with Crippen LogP contribution < -0.4 is 16.6 Å². The molecule has 1 aliphatic rings. The number of nitrogens with zero attached hydrogens (tertiary/aromatic N) is 5. The first-order chi connectivity index (χ1) is 19.8. The van der Waals surface area contributed by atoms with E-state index in [9.17, 15) is 36.0 Å². The smallest absolute Gasteiger partial charge is 0.433 e. The summed E-state index contributed by atoms with van der Waals surface area (Å²) in [7, 11) is -4.19. The second kappa shape index (κ2) is 10.8. The number of sulfonamides is 1. The third-order valence-corrected chi connectivity index (χ3v) is 8.60. The van der Waals surface area contributed by atoms with Gasteiger partial charge >= 0.3 is 11.9 Å². The summed E-state index contributed by atoms with van der Waals surface area (Å²) in [5.41, 5.74) is -2.42. The van der Waals surface area contributed by atoms with Gasteiger partial charge in [-0.3, -0.25) is 23.7 Å². The molecule has 0 spiro atoms. The van der Waals surface area contributed by atoms with Crippen molar-refractivity contribution in [1.82, 2.24) is 28.7 Å². The number of carbonyl (C=O) groups excluding carboxylic acids is 1. The molecule has 0 bridgehead atoms. The average Bonchev–Trinajstić information content (AvgIpc) is 3.61. The first-order valence-electron chi connectivity index (χ1n) is 12.8. The standard InChI is InChI=1S/C26H25F3N6O6S/c1-15(2)35-24(37)17(14-33(25(35)38)18-5-6-21(31-13-18)26(27,28)29)12-32-23(36)19-4-3-9-34(19)42(39,40)22-10-16-11-30-8-7-20(16)41-22/h5-8,10-11,13-15,19H,3-4,9,12H2,1-2H3,(H,32,36)/t19-/m0/s1. The third kappa shape index (κ3) is 5.34. The van der Waals surface area contributed by atoms with Gasteiger partial charge in [0, 0.05) is 49.2 Å². The van der Waals surface area contributed by atoms with E-state index in [4.69, 9.17) is 4.42 Å². The molecule has 0 saturated carbocycles. The minimum atomic E-state index is -4.68. The quantitative estimate of drug-likeness (QED) is 0.338. The van der Waals surface area contributed by atoms with Crippen LogP contribution in [0.3, 0.4) is 0 Å². The number of hydrogen-bond acceptors (Lipinski definition) is 8. The summed E-state index contributed by atoms with van der Waals surface area (Å²) < 4.78 is 74.0. The zero-order chi connectivity index (χ0) is 30.4. The van der Waals surface area contributed by atoms with Crippen molar-refractivity contribution in [3.8, 4) is 5.69 Å². The van der Waals surface area contributed by atoms with Crippen molar-refractivity contribution in [2.24, 2.45) is 0 Å². The Bertz CT molecular complexity index is 1850. The zero-order valence-corrected chi connectivity index (χ0v) is 23.1. The lowest BCUT2D eigenvalue weighted by molar-refractivity contribution is -0.141. The number of rotatable bonds is 7. The van der Waals surface area contributed by atoms with Gasteiger partial charge in [0.2, 0.25) is 11.0 Å². The van der Waals surface area contributed by atoms with Crippen molar-refractivity contribution in [1.29, 1.82) is 0 Å². The van der Waals surface area contributed by atoms with E-state index in [1.807, 2.05) is 0 Å². The fourth-order valence-corrected chi connectivity index (χ4v) is 6.38. The maximum absolute atomic E-state index is 13.4. The highest BCUT2D eigenvalue weighted by Crippen LogP contribution is 2.30. The normalized spacial score (nSPS) is 16.4. The van der Waals surface area contributed by atoms with Crippen LogP contribution in [0.5, 0.6) is 0 Å². The average molecular weight is 607 g/mol. The fourth-order valence-electron chi connectivity index (χ4n) is 4.77. The lowest BCUT2D eigenvalue weighted by atomic mass is 10.2. The number of aromatic nitrogens is 4. The van der Waals surface area contributed by atoms with Crippen LogP contribution >= 0.6 is 0 Å². The summed E-state index contributed by atoms with van der Waals surface area (Å²) in [6.07, 6.45) is 0.843. The molecule has 1 fully saturated rings. The van der Waals surface area contributed by atoms with Crippen LogP contribution in [0.4, 0.5) is 13.2 Å². The van der Waals surface area contributed by atoms with Gasteiger partial charge in [0.1, 0.15) is 17.3 Å². The van der Waals surface area contributed by atoms with Gasteiger partial charge in [-0.2, -0.15) is 17.5 Å². The minimum Gasteiger partial charge on any atom is -0.443 e. The van der Waals surface area contributed by atoms with Crippen LogP contribution in [0.25, 0.3) is 16.7 Å². The van der Waals surface area contributed by atoms with Gasteiger partial charge in [0.25, 0.3) is 15.6 Å². The maximum Gasteiger partial charge on any atom is 0.433 e. The molecule has 222 valence electrons. The van der Waals surface area contributed by atoms with Gasteiger partial charge in [-0.05, 0) is 44.9 Å². The molecular weight excluding hydrogens is 581 g/mol. The molecule has 5 rings (SSSR count). The van der Waals surface area contributed by atoms with Crippen LogP contribution in [-0.4, -0.2) is 50.3 Å². The largest absolute Gasteiger partial charge is 0.443 e. The predicted octanol–water partition coefficient (Wildman–Crippen LogP) is 2.60. The van der Waals surface area contributed by atoms with Crippen molar-refractivity contribution in [3.05, 3.63) is 81.1 Å². The molecule has 0 radical (unpaired) electrons. The molecule has 4 aromatic rings. The molecule has 0 aliphatic carbocycles. The number of halogens is 3. The molecule has 42 heavy (non-hydrogen) atoms. The Labute approximate surface area is 236 Å². The Morgan fingerprint density at radius 2 is 1.95 bits per heavy atom. The topological polar surface area (TPSA) is 149 Å². The summed E-state index contributed by atoms with van der Waals surface area (Å²) in [5, 5.41) is 2.73. The van der Waals surface area contributed by atoms with Gasteiger partial charge < -0.3 is 9.73 Å². The molecule has 0 unspecified atom stereocenters. The van der Waals surface area contributed by atoms with Crippen molar-refractivity contribution in [2.75, 3.05) is 6.54 Å². The zero-order valence-electron chi connectivity index (χ0n) is 22.3. The van der Waals surface area contributed by atoms with E-state index in [1.165, 1.54) is 24.5 Å². The van der Waals surface area contributed by atoms with Crippen molar-refractivity contribution in [2.45, 2.75) is 56.6 Å². The summed E-state index contributed by atoms with van der Waals surface area (Å²) >= 11 is 0. The minimum absolute atomic E-state index is 0.0240. The van der Waals surface area contributed by atoms with Gasteiger partial charge in [-0.25, -0.2) is 18.2 Å². The van der Waals surface area contributed by atoms with E-state index in [1.54, 1.807) is 13.8 Å². The molecule has 1 amide bonds. The number of amides is 1. The number of pyridine rings is 2. The first-order valence-corrected chi connectivity index (χ1v) is 14.3. The highest BCUT2D eigenvalue weighted by molar-refractivity contribution is 7.89. The summed E-state index contributed by atoms with van der Waals surface area (Å²) in [6, 6.07) is 2.90. The molecule has 12 nitrogen and oxygen atoms in total. The first kappa shape index (κ1) is 29.2. The lowest BCUT2D eigenvalue weighted by Gasteiger charge is -2.22. The van der Waals surface area contributed by atoms with Crippen molar-refractivity contribution < 1.29 is 30.8 Å².